The van der Waals surface area contributed by atoms with Crippen LogP contribution in [0.25, 0.3) is 11.1 Å². The monoisotopic (exact) mass is 269 g/mol. The summed E-state index contributed by atoms with van der Waals surface area (Å²) in [6.45, 7) is 0. The highest BCUT2D eigenvalue weighted by Gasteiger charge is 2.28. The van der Waals surface area contributed by atoms with Crippen molar-refractivity contribution in [2.75, 3.05) is 5.32 Å². The van der Waals surface area contributed by atoms with Crippen LogP contribution in [0.5, 0.6) is 0 Å². The zero-order chi connectivity index (χ0) is 14.1. The van der Waals surface area contributed by atoms with Gasteiger partial charge in [0.2, 0.25) is 5.91 Å². The van der Waals surface area contributed by atoms with Crippen LogP contribution in [0, 0.1) is 12.3 Å². The molecule has 2 aromatic rings. The molecule has 5 nitrogen and oxygen atoms in total. The lowest BCUT2D eigenvalue weighted by atomic mass is 10.2. The van der Waals surface area contributed by atoms with Crippen LogP contribution in [-0.2, 0) is 4.79 Å². The molecule has 1 aliphatic rings. The first kappa shape index (κ1) is 12.7. The minimum Gasteiger partial charge on any atom is -0.440 e. The number of terminal acetylenes is 1. The molecule has 1 aliphatic carbocycles. The number of aromatic nitrogens is 1. The van der Waals surface area contributed by atoms with E-state index in [-0.39, 0.29) is 12.3 Å². The number of carbonyl (C=O) groups is 1. The van der Waals surface area contributed by atoms with Crippen LogP contribution in [0.15, 0.2) is 22.6 Å². The average molecular weight is 269 g/mol. The molecule has 1 aromatic carbocycles. The molecule has 1 aromatic heterocycles. The van der Waals surface area contributed by atoms with Gasteiger partial charge in [-0.3, -0.25) is 4.79 Å². The number of nitrogens with one attached hydrogen (secondary N) is 1. The summed E-state index contributed by atoms with van der Waals surface area (Å²) < 4.78 is 5.66. The highest BCUT2D eigenvalue weighted by Crippen LogP contribution is 2.40. The third-order valence-electron chi connectivity index (χ3n) is 3.27. The van der Waals surface area contributed by atoms with Crippen molar-refractivity contribution in [2.45, 2.75) is 31.2 Å². The van der Waals surface area contributed by atoms with Crippen molar-refractivity contribution in [3.63, 3.8) is 0 Å². The number of oxazole rings is 1. The number of rotatable bonds is 4. The number of nitrogens with zero attached hydrogens (tertiary/aromatic N) is 1. The van der Waals surface area contributed by atoms with Crippen molar-refractivity contribution in [1.29, 1.82) is 0 Å². The fourth-order valence-electron chi connectivity index (χ4n) is 1.98. The molecule has 1 atom stereocenters. The van der Waals surface area contributed by atoms with Crippen molar-refractivity contribution < 1.29 is 9.21 Å². The predicted molar refractivity (Wildman–Crippen MR) is 76.0 cm³/mol. The third-order valence-corrected chi connectivity index (χ3v) is 3.27. The SMILES string of the molecule is C#CCC(N)C(=O)Nc1ccc2oc(C3CC3)nc2c1. The lowest BCUT2D eigenvalue weighted by Gasteiger charge is -2.09. The van der Waals surface area contributed by atoms with Gasteiger partial charge in [-0.2, -0.15) is 0 Å². The van der Waals surface area contributed by atoms with Gasteiger partial charge in [0.05, 0.1) is 6.04 Å². The smallest absolute Gasteiger partial charge is 0.242 e. The van der Waals surface area contributed by atoms with Crippen LogP contribution < -0.4 is 11.1 Å². The van der Waals surface area contributed by atoms with Gasteiger partial charge in [0.25, 0.3) is 0 Å². The van der Waals surface area contributed by atoms with Gasteiger partial charge in [-0.1, -0.05) is 0 Å². The first-order valence-electron chi connectivity index (χ1n) is 6.58. The second-order valence-corrected chi connectivity index (χ2v) is 5.01. The van der Waals surface area contributed by atoms with Crippen LogP contribution in [0.4, 0.5) is 5.69 Å². The number of hydrogen-bond acceptors (Lipinski definition) is 4. The molecule has 20 heavy (non-hydrogen) atoms. The Morgan fingerprint density at radius 1 is 1.60 bits per heavy atom. The van der Waals surface area contributed by atoms with Gasteiger partial charge in [-0.25, -0.2) is 4.98 Å². The molecule has 1 saturated carbocycles. The Balaban J connectivity index is 1.78. The molecule has 1 heterocycles. The summed E-state index contributed by atoms with van der Waals surface area (Å²) in [5, 5.41) is 2.73. The first-order chi connectivity index (χ1) is 9.67. The maximum absolute atomic E-state index is 11.8. The van der Waals surface area contributed by atoms with E-state index in [0.29, 0.717) is 11.6 Å². The fourth-order valence-corrected chi connectivity index (χ4v) is 1.98. The van der Waals surface area contributed by atoms with Crippen molar-refractivity contribution in [3.05, 3.63) is 24.1 Å². The molecule has 102 valence electrons. The van der Waals surface area contributed by atoms with E-state index >= 15 is 0 Å². The number of nitrogens with two attached hydrogens (primary N) is 1. The number of anilines is 1. The van der Waals surface area contributed by atoms with E-state index in [1.165, 1.54) is 0 Å². The lowest BCUT2D eigenvalue weighted by Crippen LogP contribution is -2.35. The molecular formula is C15H15N3O2. The van der Waals surface area contributed by atoms with Crippen LogP contribution in [-0.4, -0.2) is 16.9 Å². The number of amides is 1. The largest absolute Gasteiger partial charge is 0.440 e. The van der Waals surface area contributed by atoms with Gasteiger partial charge in [-0.05, 0) is 31.0 Å². The van der Waals surface area contributed by atoms with Gasteiger partial charge in [0.15, 0.2) is 11.5 Å². The number of hydrogen-bond donors (Lipinski definition) is 2. The molecule has 1 amide bonds. The molecule has 0 saturated heterocycles. The number of fused-ring (bicyclic) bond motifs is 1. The van der Waals surface area contributed by atoms with E-state index in [4.69, 9.17) is 16.6 Å². The van der Waals surface area contributed by atoms with E-state index in [0.717, 1.165) is 29.8 Å². The predicted octanol–water partition coefficient (Wildman–Crippen LogP) is 1.99. The van der Waals surface area contributed by atoms with Gasteiger partial charge in [0, 0.05) is 18.0 Å². The summed E-state index contributed by atoms with van der Waals surface area (Å²) >= 11 is 0. The Kier molecular flexibility index (Phi) is 3.17. The zero-order valence-corrected chi connectivity index (χ0v) is 10.9. The molecule has 0 aliphatic heterocycles. The molecule has 3 rings (SSSR count). The quantitative estimate of drug-likeness (QED) is 0.832. The number of carbonyl (C=O) groups excluding carboxylic acids is 1. The molecule has 5 heteroatoms. The second-order valence-electron chi connectivity index (χ2n) is 5.01. The normalized spacial score (nSPS) is 15.8. The van der Waals surface area contributed by atoms with Crippen LogP contribution in [0.3, 0.4) is 0 Å². The minimum absolute atomic E-state index is 0.212. The fraction of sp³-hybridized carbons (Fsp3) is 0.333. The van der Waals surface area contributed by atoms with E-state index < -0.39 is 6.04 Å². The van der Waals surface area contributed by atoms with E-state index in [9.17, 15) is 4.79 Å². The molecule has 0 radical (unpaired) electrons. The maximum atomic E-state index is 11.8. The summed E-state index contributed by atoms with van der Waals surface area (Å²) in [7, 11) is 0. The van der Waals surface area contributed by atoms with Crippen molar-refractivity contribution in [3.8, 4) is 12.3 Å². The van der Waals surface area contributed by atoms with Crippen LogP contribution in [0.1, 0.15) is 31.1 Å². The Bertz CT molecular complexity index is 695. The first-order valence-corrected chi connectivity index (χ1v) is 6.58. The van der Waals surface area contributed by atoms with Crippen molar-refractivity contribution >= 4 is 22.7 Å². The van der Waals surface area contributed by atoms with E-state index in [1.807, 2.05) is 0 Å². The molecule has 0 bridgehead atoms. The van der Waals surface area contributed by atoms with Crippen LogP contribution in [0.2, 0.25) is 0 Å². The highest BCUT2D eigenvalue weighted by atomic mass is 16.3. The second kappa shape index (κ2) is 4.99. The van der Waals surface area contributed by atoms with Crippen molar-refractivity contribution in [2.24, 2.45) is 5.73 Å². The number of benzene rings is 1. The summed E-state index contributed by atoms with van der Waals surface area (Å²) in [6, 6.07) is 4.65. The van der Waals surface area contributed by atoms with E-state index in [2.05, 4.69) is 16.2 Å². The maximum Gasteiger partial charge on any atom is 0.242 e. The summed E-state index contributed by atoms with van der Waals surface area (Å²) in [5.74, 6) is 3.32. The molecule has 0 spiro atoms. The molecule has 3 N–H and O–H groups in total. The Morgan fingerprint density at radius 2 is 2.40 bits per heavy atom. The van der Waals surface area contributed by atoms with Gasteiger partial charge in [0.1, 0.15) is 5.52 Å². The van der Waals surface area contributed by atoms with Gasteiger partial charge in [-0.15, -0.1) is 12.3 Å². The summed E-state index contributed by atoms with van der Waals surface area (Å²) in [5.41, 5.74) is 7.78. The third kappa shape index (κ3) is 2.51. The zero-order valence-electron chi connectivity index (χ0n) is 10.9. The van der Waals surface area contributed by atoms with Crippen LogP contribution >= 0.6 is 0 Å². The molecular weight excluding hydrogens is 254 g/mol. The lowest BCUT2D eigenvalue weighted by molar-refractivity contribution is -0.117. The van der Waals surface area contributed by atoms with Gasteiger partial charge < -0.3 is 15.5 Å². The summed E-state index contributed by atoms with van der Waals surface area (Å²) in [6.07, 6.45) is 7.62. The van der Waals surface area contributed by atoms with E-state index in [1.54, 1.807) is 18.2 Å². The average Bonchev–Trinajstić information content (AvgIpc) is 3.19. The summed E-state index contributed by atoms with van der Waals surface area (Å²) in [4.78, 5) is 16.2. The Hall–Kier alpha value is -2.32. The topological polar surface area (TPSA) is 81.2 Å². The molecule has 1 unspecified atom stereocenters. The van der Waals surface area contributed by atoms with Gasteiger partial charge >= 0.3 is 0 Å². The molecule has 1 fully saturated rings. The standard InChI is InChI=1S/C15H15N3O2/c1-2-3-11(16)14(19)17-10-6-7-13-12(8-10)18-15(20-13)9-4-5-9/h1,6-9,11H,3-5,16H2,(H,17,19). The Morgan fingerprint density at radius 3 is 3.10 bits per heavy atom. The Labute approximate surface area is 116 Å². The highest BCUT2D eigenvalue weighted by molar-refractivity contribution is 5.96. The van der Waals surface area contributed by atoms with Crippen molar-refractivity contribution in [1.82, 2.24) is 4.98 Å². The minimum atomic E-state index is -0.699.